The van der Waals surface area contributed by atoms with Gasteiger partial charge in [0.25, 0.3) is 0 Å². The Bertz CT molecular complexity index is 1130. The first kappa shape index (κ1) is 20.3. The fourth-order valence-electron chi connectivity index (χ4n) is 4.16. The Labute approximate surface area is 175 Å². The molecular formula is C23H27FN4O2. The smallest absolute Gasteiger partial charge is 0.330 e. The van der Waals surface area contributed by atoms with Crippen LogP contribution in [-0.4, -0.2) is 46.0 Å². The number of nitrogens with zero attached hydrogens (tertiary/aromatic N) is 4. The summed E-state index contributed by atoms with van der Waals surface area (Å²) in [6, 6.07) is 12.6. The number of rotatable bonds is 6. The third-order valence-corrected chi connectivity index (χ3v) is 5.78. The number of ketones is 1. The highest BCUT2D eigenvalue weighted by Gasteiger charge is 2.22. The number of carbonyl (C=O) groups is 1. The highest BCUT2D eigenvalue weighted by molar-refractivity contribution is 5.94. The van der Waals surface area contributed by atoms with Crippen LogP contribution in [0.2, 0.25) is 0 Å². The number of hydrogen-bond acceptors (Lipinski definition) is 4. The molecule has 30 heavy (non-hydrogen) atoms. The zero-order valence-electron chi connectivity index (χ0n) is 17.5. The minimum atomic E-state index is -0.366. The first-order valence-electron chi connectivity index (χ1n) is 10.5. The van der Waals surface area contributed by atoms with Crippen LogP contribution >= 0.6 is 0 Å². The lowest BCUT2D eigenvalue weighted by Gasteiger charge is -2.36. The molecule has 0 unspecified atom stereocenters. The molecule has 6 nitrogen and oxygen atoms in total. The van der Waals surface area contributed by atoms with Gasteiger partial charge in [-0.2, -0.15) is 0 Å². The van der Waals surface area contributed by atoms with E-state index in [0.29, 0.717) is 37.6 Å². The van der Waals surface area contributed by atoms with E-state index in [-0.39, 0.29) is 17.3 Å². The quantitative estimate of drug-likeness (QED) is 0.585. The minimum absolute atomic E-state index is 0.0198. The zero-order valence-corrected chi connectivity index (χ0v) is 17.5. The van der Waals surface area contributed by atoms with Gasteiger partial charge < -0.3 is 4.90 Å². The highest BCUT2D eigenvalue weighted by Crippen LogP contribution is 2.23. The molecule has 4 rings (SSSR count). The number of fused-ring (bicyclic) bond motifs is 1. The number of aryl methyl sites for hydroxylation is 1. The summed E-state index contributed by atoms with van der Waals surface area (Å²) in [6.45, 7) is 7.52. The number of aromatic nitrogens is 2. The number of Topliss-reactive ketones (excluding diaryl/α,β-unsaturated/α-hetero) is 1. The monoisotopic (exact) mass is 410 g/mol. The largest absolute Gasteiger partial charge is 0.367 e. The Morgan fingerprint density at radius 2 is 1.67 bits per heavy atom. The van der Waals surface area contributed by atoms with Crippen LogP contribution in [0.4, 0.5) is 10.1 Å². The molecule has 0 saturated carbocycles. The molecular weight excluding hydrogens is 383 g/mol. The number of carbonyl (C=O) groups excluding carboxylic acids is 1. The molecule has 2 heterocycles. The third kappa shape index (κ3) is 3.77. The number of imidazole rings is 1. The minimum Gasteiger partial charge on any atom is -0.367 e. The average molecular weight is 410 g/mol. The summed E-state index contributed by atoms with van der Waals surface area (Å²) in [5, 5.41) is 0. The second-order valence-corrected chi connectivity index (χ2v) is 7.82. The van der Waals surface area contributed by atoms with E-state index in [1.165, 1.54) is 13.0 Å². The van der Waals surface area contributed by atoms with Gasteiger partial charge in [0.05, 0.1) is 23.4 Å². The summed E-state index contributed by atoms with van der Waals surface area (Å²) in [6.07, 6.45) is 0.903. The zero-order chi connectivity index (χ0) is 21.3. The Balaban J connectivity index is 1.49. The number of halogens is 1. The van der Waals surface area contributed by atoms with Crippen LogP contribution in [0.25, 0.3) is 11.0 Å². The molecule has 2 aromatic carbocycles. The van der Waals surface area contributed by atoms with Gasteiger partial charge in [-0.3, -0.25) is 18.8 Å². The lowest BCUT2D eigenvalue weighted by molar-refractivity contribution is 0.101. The molecule has 0 aliphatic carbocycles. The van der Waals surface area contributed by atoms with Gasteiger partial charge in [-0.15, -0.1) is 0 Å². The van der Waals surface area contributed by atoms with Crippen molar-refractivity contribution in [1.82, 2.24) is 14.0 Å². The van der Waals surface area contributed by atoms with Gasteiger partial charge in [0, 0.05) is 38.3 Å². The van der Waals surface area contributed by atoms with Crippen molar-refractivity contribution < 1.29 is 9.18 Å². The lowest BCUT2D eigenvalue weighted by atomic mass is 10.1. The number of hydrogen-bond donors (Lipinski definition) is 0. The van der Waals surface area contributed by atoms with E-state index in [1.54, 1.807) is 12.1 Å². The van der Waals surface area contributed by atoms with Gasteiger partial charge in [-0.05, 0) is 43.7 Å². The van der Waals surface area contributed by atoms with Gasteiger partial charge in [-0.1, -0.05) is 19.1 Å². The van der Waals surface area contributed by atoms with Gasteiger partial charge in [0.15, 0.2) is 5.78 Å². The fraction of sp³-hybridized carbons (Fsp3) is 0.391. The standard InChI is InChI=1S/C23H27FN4O2/c1-3-10-27-21-6-4-5-7-22(21)28(23(27)30)16-25-11-13-26(14-12-25)20-9-8-18(17(2)29)15-19(20)24/h4-9,15H,3,10-14,16H2,1-2H3. The summed E-state index contributed by atoms with van der Waals surface area (Å²) < 4.78 is 18.2. The SMILES string of the molecule is CCCn1c(=O)n(CN2CCN(c3ccc(C(C)=O)cc3F)CC2)c2ccccc21. The van der Waals surface area contributed by atoms with Gasteiger partial charge in [0.2, 0.25) is 0 Å². The van der Waals surface area contributed by atoms with Crippen LogP contribution in [0.15, 0.2) is 47.3 Å². The van der Waals surface area contributed by atoms with Crippen molar-refractivity contribution in [1.29, 1.82) is 0 Å². The van der Waals surface area contributed by atoms with Crippen molar-refractivity contribution >= 4 is 22.5 Å². The van der Waals surface area contributed by atoms with Crippen LogP contribution < -0.4 is 10.6 Å². The predicted octanol–water partition coefficient (Wildman–Crippen LogP) is 3.33. The molecule has 1 aliphatic rings. The molecule has 1 aliphatic heterocycles. The van der Waals surface area contributed by atoms with Crippen LogP contribution in [0.3, 0.4) is 0 Å². The Hall–Kier alpha value is -2.93. The Morgan fingerprint density at radius 3 is 2.27 bits per heavy atom. The molecule has 0 atom stereocenters. The van der Waals surface area contributed by atoms with E-state index >= 15 is 0 Å². The van der Waals surface area contributed by atoms with Gasteiger partial charge in [0.1, 0.15) is 5.82 Å². The lowest BCUT2D eigenvalue weighted by Crippen LogP contribution is -2.48. The molecule has 158 valence electrons. The molecule has 0 amide bonds. The molecule has 0 N–H and O–H groups in total. The molecule has 3 aromatic rings. The van der Waals surface area contributed by atoms with Crippen LogP contribution in [-0.2, 0) is 13.2 Å². The Morgan fingerprint density at radius 1 is 1.00 bits per heavy atom. The van der Waals surface area contributed by atoms with Crippen molar-refractivity contribution in [3.63, 3.8) is 0 Å². The number of piperazine rings is 1. The molecule has 1 saturated heterocycles. The second kappa shape index (κ2) is 8.44. The highest BCUT2D eigenvalue weighted by atomic mass is 19.1. The summed E-state index contributed by atoms with van der Waals surface area (Å²) in [7, 11) is 0. The molecule has 1 fully saturated rings. The van der Waals surface area contributed by atoms with Crippen LogP contribution in [0.1, 0.15) is 30.6 Å². The number of benzene rings is 2. The summed E-state index contributed by atoms with van der Waals surface area (Å²) >= 11 is 0. The fourth-order valence-corrected chi connectivity index (χ4v) is 4.16. The third-order valence-electron chi connectivity index (χ3n) is 5.78. The molecule has 0 radical (unpaired) electrons. The van der Waals surface area contributed by atoms with Crippen molar-refractivity contribution in [3.8, 4) is 0 Å². The molecule has 1 aromatic heterocycles. The molecule has 0 bridgehead atoms. The molecule has 0 spiro atoms. The van der Waals surface area contributed by atoms with Crippen LogP contribution in [0.5, 0.6) is 0 Å². The maximum atomic E-state index is 14.5. The van der Waals surface area contributed by atoms with Crippen molar-refractivity contribution in [2.24, 2.45) is 0 Å². The second-order valence-electron chi connectivity index (χ2n) is 7.82. The van der Waals surface area contributed by atoms with E-state index < -0.39 is 0 Å². The topological polar surface area (TPSA) is 50.5 Å². The van der Waals surface area contributed by atoms with Crippen molar-refractivity contribution in [3.05, 3.63) is 64.3 Å². The van der Waals surface area contributed by atoms with E-state index in [4.69, 9.17) is 0 Å². The van der Waals surface area contributed by atoms with Crippen LogP contribution in [0, 0.1) is 5.82 Å². The van der Waals surface area contributed by atoms with Gasteiger partial charge in [-0.25, -0.2) is 9.18 Å². The molecule has 7 heteroatoms. The summed E-state index contributed by atoms with van der Waals surface area (Å²) in [4.78, 5) is 28.7. The van der Waals surface area contributed by atoms with Crippen molar-refractivity contribution in [2.75, 3.05) is 31.1 Å². The summed E-state index contributed by atoms with van der Waals surface area (Å²) in [5.74, 6) is -0.507. The normalized spacial score (nSPS) is 15.1. The van der Waals surface area contributed by atoms with E-state index in [9.17, 15) is 14.0 Å². The summed E-state index contributed by atoms with van der Waals surface area (Å²) in [5.41, 5.74) is 2.85. The predicted molar refractivity (Wildman–Crippen MR) is 117 cm³/mol. The first-order chi connectivity index (χ1) is 14.5. The van der Waals surface area contributed by atoms with Crippen molar-refractivity contribution in [2.45, 2.75) is 33.5 Å². The average Bonchev–Trinajstić information content (AvgIpc) is 3.01. The van der Waals surface area contributed by atoms with E-state index in [2.05, 4.69) is 11.8 Å². The number of anilines is 1. The van der Waals surface area contributed by atoms with E-state index in [1.807, 2.05) is 38.3 Å². The maximum absolute atomic E-state index is 14.5. The Kier molecular flexibility index (Phi) is 5.72. The van der Waals surface area contributed by atoms with E-state index in [0.717, 1.165) is 30.5 Å². The number of para-hydroxylation sites is 2. The first-order valence-corrected chi connectivity index (χ1v) is 10.5. The maximum Gasteiger partial charge on any atom is 0.330 e. The van der Waals surface area contributed by atoms with Gasteiger partial charge >= 0.3 is 5.69 Å².